The molecule has 1 aliphatic rings. The number of hydrogen-bond acceptors (Lipinski definition) is 4. The Labute approximate surface area is 176 Å². The molecule has 1 unspecified atom stereocenters. The molecule has 2 aromatic carbocycles. The summed E-state index contributed by atoms with van der Waals surface area (Å²) in [4.78, 5) is 0. The van der Waals surface area contributed by atoms with E-state index in [1.54, 1.807) is 12.1 Å². The van der Waals surface area contributed by atoms with Crippen LogP contribution in [0.3, 0.4) is 0 Å². The van der Waals surface area contributed by atoms with E-state index in [2.05, 4.69) is 6.58 Å². The Morgan fingerprint density at radius 2 is 2.00 bits per heavy atom. The fourth-order valence-corrected chi connectivity index (χ4v) is 3.65. The summed E-state index contributed by atoms with van der Waals surface area (Å²) in [5.41, 5.74) is 4.36. The maximum Gasteiger partial charge on any atom is 0.458 e. The first-order valence-electron chi connectivity index (χ1n) is 9.55. The summed E-state index contributed by atoms with van der Waals surface area (Å²) in [6.07, 6.45) is 5.20. The van der Waals surface area contributed by atoms with E-state index in [9.17, 15) is 15.2 Å². The molecule has 29 heavy (non-hydrogen) atoms. The minimum atomic E-state index is -0.856. The quantitative estimate of drug-likeness (QED) is 0.456. The Morgan fingerprint density at radius 3 is 2.69 bits per heavy atom. The van der Waals surface area contributed by atoms with E-state index < -0.39 is 7.12 Å². The van der Waals surface area contributed by atoms with Gasteiger partial charge in [0.2, 0.25) is 0 Å². The molecule has 3 rings (SSSR count). The zero-order valence-electron chi connectivity index (χ0n) is 16.1. The monoisotopic (exact) mass is 410 g/mol. The SMILES string of the molecule is C=C(CO)C1=CCB(O)OC1CC/C(=C/c1ccc(O)cc1Cl)c1ccccc1. The van der Waals surface area contributed by atoms with Gasteiger partial charge in [0.1, 0.15) is 5.75 Å². The standard InChI is InChI=1S/C23H24BClO4/c1-16(15-26)21-11-12-24(28)29-23(21)10-8-18(17-5-3-2-4-6-17)13-19-7-9-20(27)14-22(19)25/h2-7,9,11,13-14,23,26-28H,1,8,10,12,15H2/b18-13-. The van der Waals surface area contributed by atoms with Crippen molar-refractivity contribution in [3.05, 3.63) is 88.5 Å². The third-order valence-corrected chi connectivity index (χ3v) is 5.27. The van der Waals surface area contributed by atoms with E-state index in [1.807, 2.05) is 42.5 Å². The lowest BCUT2D eigenvalue weighted by molar-refractivity contribution is 0.182. The van der Waals surface area contributed by atoms with Gasteiger partial charge in [-0.05, 0) is 65.0 Å². The molecule has 1 atom stereocenters. The van der Waals surface area contributed by atoms with Crippen LogP contribution in [-0.4, -0.2) is 35.1 Å². The van der Waals surface area contributed by atoms with Gasteiger partial charge in [-0.25, -0.2) is 0 Å². The maximum atomic E-state index is 9.92. The van der Waals surface area contributed by atoms with Crippen molar-refractivity contribution in [3.8, 4) is 5.75 Å². The van der Waals surface area contributed by atoms with Crippen LogP contribution in [0.2, 0.25) is 11.3 Å². The largest absolute Gasteiger partial charge is 0.508 e. The second kappa shape index (κ2) is 9.94. The first-order chi connectivity index (χ1) is 14.0. The summed E-state index contributed by atoms with van der Waals surface area (Å²) in [5.74, 6) is 0.121. The van der Waals surface area contributed by atoms with Gasteiger partial charge in [-0.15, -0.1) is 0 Å². The van der Waals surface area contributed by atoms with Gasteiger partial charge in [0, 0.05) is 6.32 Å². The lowest BCUT2D eigenvalue weighted by Gasteiger charge is -2.28. The molecule has 0 saturated carbocycles. The van der Waals surface area contributed by atoms with Gasteiger partial charge in [-0.1, -0.05) is 54.6 Å². The van der Waals surface area contributed by atoms with Gasteiger partial charge < -0.3 is 19.9 Å². The summed E-state index contributed by atoms with van der Waals surface area (Å²) in [7, 11) is -0.856. The lowest BCUT2D eigenvalue weighted by Crippen LogP contribution is -2.32. The molecule has 0 saturated heterocycles. The number of rotatable bonds is 7. The highest BCUT2D eigenvalue weighted by Crippen LogP contribution is 2.32. The topological polar surface area (TPSA) is 69.9 Å². The highest BCUT2D eigenvalue weighted by molar-refractivity contribution is 6.43. The molecule has 6 heteroatoms. The van der Waals surface area contributed by atoms with Crippen molar-refractivity contribution in [2.45, 2.75) is 25.3 Å². The van der Waals surface area contributed by atoms with Gasteiger partial charge in [0.15, 0.2) is 0 Å². The van der Waals surface area contributed by atoms with Gasteiger partial charge >= 0.3 is 7.12 Å². The number of aliphatic hydroxyl groups is 1. The number of phenols is 1. The predicted octanol–water partition coefficient (Wildman–Crippen LogP) is 4.72. The van der Waals surface area contributed by atoms with Crippen LogP contribution in [0.15, 0.2) is 72.3 Å². The highest BCUT2D eigenvalue weighted by Gasteiger charge is 2.28. The minimum Gasteiger partial charge on any atom is -0.508 e. The zero-order chi connectivity index (χ0) is 20.8. The third kappa shape index (κ3) is 5.61. The van der Waals surface area contributed by atoms with E-state index in [-0.39, 0.29) is 18.5 Å². The fraction of sp³-hybridized carbons (Fsp3) is 0.217. The van der Waals surface area contributed by atoms with E-state index in [0.29, 0.717) is 29.8 Å². The molecule has 150 valence electrons. The van der Waals surface area contributed by atoms with Crippen LogP contribution in [-0.2, 0) is 4.65 Å². The van der Waals surface area contributed by atoms with Crippen LogP contribution in [0, 0.1) is 0 Å². The fourth-order valence-electron chi connectivity index (χ4n) is 3.42. The van der Waals surface area contributed by atoms with Crippen molar-refractivity contribution >= 4 is 30.4 Å². The van der Waals surface area contributed by atoms with E-state index in [1.165, 1.54) is 6.07 Å². The van der Waals surface area contributed by atoms with E-state index >= 15 is 0 Å². The molecule has 2 aromatic rings. The van der Waals surface area contributed by atoms with Crippen molar-refractivity contribution in [2.24, 2.45) is 0 Å². The molecular weight excluding hydrogens is 387 g/mol. The lowest BCUT2D eigenvalue weighted by atomic mass is 9.78. The number of allylic oxidation sites excluding steroid dienone is 2. The molecule has 3 N–H and O–H groups in total. The number of benzene rings is 2. The van der Waals surface area contributed by atoms with Crippen LogP contribution in [0.25, 0.3) is 11.6 Å². The summed E-state index contributed by atoms with van der Waals surface area (Å²) in [6.45, 7) is 3.76. The number of halogens is 1. The summed E-state index contributed by atoms with van der Waals surface area (Å²) < 4.78 is 5.73. The number of phenolic OH excluding ortho intramolecular Hbond substituents is 1. The van der Waals surface area contributed by atoms with Crippen molar-refractivity contribution in [1.82, 2.24) is 0 Å². The van der Waals surface area contributed by atoms with Crippen molar-refractivity contribution in [2.75, 3.05) is 6.61 Å². The minimum absolute atomic E-state index is 0.121. The Hall–Kier alpha value is -2.31. The molecule has 0 bridgehead atoms. The maximum absolute atomic E-state index is 9.92. The molecule has 1 heterocycles. The van der Waals surface area contributed by atoms with Crippen LogP contribution in [0.4, 0.5) is 0 Å². The average Bonchev–Trinajstić information content (AvgIpc) is 2.72. The molecular formula is C23H24BClO4. The van der Waals surface area contributed by atoms with Crippen molar-refractivity contribution < 1.29 is 19.9 Å². The predicted molar refractivity (Wildman–Crippen MR) is 119 cm³/mol. The van der Waals surface area contributed by atoms with Crippen molar-refractivity contribution in [3.63, 3.8) is 0 Å². The molecule has 1 aliphatic heterocycles. The molecule has 0 amide bonds. The van der Waals surface area contributed by atoms with Crippen LogP contribution in [0.1, 0.15) is 24.0 Å². The van der Waals surface area contributed by atoms with Crippen LogP contribution >= 0.6 is 11.6 Å². The van der Waals surface area contributed by atoms with Gasteiger partial charge in [-0.2, -0.15) is 0 Å². The van der Waals surface area contributed by atoms with Gasteiger partial charge in [0.25, 0.3) is 0 Å². The number of aliphatic hydroxyl groups excluding tert-OH is 1. The summed E-state index contributed by atoms with van der Waals surface area (Å²) >= 11 is 6.30. The molecule has 0 fully saturated rings. The van der Waals surface area contributed by atoms with E-state index in [4.69, 9.17) is 16.3 Å². The van der Waals surface area contributed by atoms with Gasteiger partial charge in [-0.3, -0.25) is 0 Å². The highest BCUT2D eigenvalue weighted by atomic mass is 35.5. The Bertz CT molecular complexity index is 924. The first kappa shape index (κ1) is 21.4. The molecule has 4 nitrogen and oxygen atoms in total. The van der Waals surface area contributed by atoms with E-state index in [0.717, 1.165) is 22.3 Å². The second-order valence-electron chi connectivity index (χ2n) is 7.02. The smallest absolute Gasteiger partial charge is 0.458 e. The third-order valence-electron chi connectivity index (χ3n) is 4.94. The summed E-state index contributed by atoms with van der Waals surface area (Å²) in [5, 5.41) is 29.5. The first-order valence-corrected chi connectivity index (χ1v) is 9.93. The van der Waals surface area contributed by atoms with Crippen LogP contribution in [0.5, 0.6) is 5.75 Å². The number of hydrogen-bond donors (Lipinski definition) is 3. The summed E-state index contributed by atoms with van der Waals surface area (Å²) in [6, 6.07) is 14.9. The normalized spacial score (nSPS) is 17.2. The molecule has 0 spiro atoms. The number of aromatic hydroxyl groups is 1. The Balaban J connectivity index is 1.88. The second-order valence-corrected chi connectivity index (χ2v) is 7.42. The molecule has 0 aromatic heterocycles. The zero-order valence-corrected chi connectivity index (χ0v) is 16.8. The Kier molecular flexibility index (Phi) is 7.34. The molecule has 0 radical (unpaired) electrons. The Morgan fingerprint density at radius 1 is 1.24 bits per heavy atom. The average molecular weight is 411 g/mol. The molecule has 0 aliphatic carbocycles. The van der Waals surface area contributed by atoms with Crippen LogP contribution < -0.4 is 0 Å². The van der Waals surface area contributed by atoms with Crippen molar-refractivity contribution in [1.29, 1.82) is 0 Å². The van der Waals surface area contributed by atoms with Gasteiger partial charge in [0.05, 0.1) is 17.7 Å².